The lowest BCUT2D eigenvalue weighted by atomic mass is 10.1. The van der Waals surface area contributed by atoms with Gasteiger partial charge in [0.1, 0.15) is 0 Å². The molecule has 0 amide bonds. The van der Waals surface area contributed by atoms with Crippen molar-refractivity contribution in [3.63, 3.8) is 0 Å². The van der Waals surface area contributed by atoms with Crippen LogP contribution in [-0.2, 0) is 21.3 Å². The Morgan fingerprint density at radius 2 is 2.15 bits per heavy atom. The molecule has 0 unspecified atom stereocenters. The fourth-order valence-corrected chi connectivity index (χ4v) is 5.02. The molecule has 1 aliphatic rings. The van der Waals surface area contributed by atoms with E-state index in [4.69, 9.17) is 4.74 Å². The number of fused-ring (bicyclic) bond motifs is 1. The summed E-state index contributed by atoms with van der Waals surface area (Å²) in [5.41, 5.74) is 2.57. The quantitative estimate of drug-likeness (QED) is 0.689. The molecule has 7 nitrogen and oxygen atoms in total. The Balaban J connectivity index is 1.69. The van der Waals surface area contributed by atoms with Crippen LogP contribution in [0.3, 0.4) is 0 Å². The van der Waals surface area contributed by atoms with E-state index in [2.05, 4.69) is 10.1 Å². The molecule has 0 N–H and O–H groups in total. The molecule has 142 valence electrons. The maximum Gasteiger partial charge on any atom is 0.243 e. The number of aryl methyl sites for hydroxylation is 2. The van der Waals surface area contributed by atoms with Crippen LogP contribution in [0.1, 0.15) is 24.2 Å². The molecule has 0 spiro atoms. The Kier molecular flexibility index (Phi) is 4.71. The number of morpholine rings is 1. The summed E-state index contributed by atoms with van der Waals surface area (Å²) in [4.78, 5) is 4.65. The van der Waals surface area contributed by atoms with E-state index in [-0.39, 0.29) is 12.6 Å². The average molecular weight is 386 g/mol. The number of pyridine rings is 1. The molecule has 0 aliphatic carbocycles. The summed E-state index contributed by atoms with van der Waals surface area (Å²) in [7, 11) is -3.66. The fourth-order valence-electron chi connectivity index (χ4n) is 3.42. The van der Waals surface area contributed by atoms with Crippen molar-refractivity contribution in [3.8, 4) is 0 Å². The summed E-state index contributed by atoms with van der Waals surface area (Å²) in [6.45, 7) is 5.65. The van der Waals surface area contributed by atoms with E-state index in [0.717, 1.165) is 17.7 Å². The summed E-state index contributed by atoms with van der Waals surface area (Å²) >= 11 is 0. The van der Waals surface area contributed by atoms with Crippen molar-refractivity contribution in [2.24, 2.45) is 0 Å². The maximum absolute atomic E-state index is 13.4. The number of hydrogen-bond acceptors (Lipinski definition) is 5. The number of rotatable bonds is 4. The lowest BCUT2D eigenvalue weighted by Crippen LogP contribution is -2.42. The van der Waals surface area contributed by atoms with Gasteiger partial charge in [0, 0.05) is 43.0 Å². The third-order valence-corrected chi connectivity index (χ3v) is 6.85. The van der Waals surface area contributed by atoms with Crippen LogP contribution in [0.4, 0.5) is 0 Å². The molecule has 1 aromatic carbocycles. The van der Waals surface area contributed by atoms with Crippen molar-refractivity contribution in [2.45, 2.75) is 31.4 Å². The lowest BCUT2D eigenvalue weighted by molar-refractivity contribution is -0.00258. The number of benzene rings is 1. The maximum atomic E-state index is 13.4. The molecule has 1 fully saturated rings. The van der Waals surface area contributed by atoms with Crippen LogP contribution in [0.15, 0.2) is 47.8 Å². The van der Waals surface area contributed by atoms with Crippen LogP contribution < -0.4 is 0 Å². The minimum absolute atomic E-state index is 0.271. The van der Waals surface area contributed by atoms with Crippen molar-refractivity contribution < 1.29 is 13.2 Å². The van der Waals surface area contributed by atoms with E-state index in [0.29, 0.717) is 29.0 Å². The van der Waals surface area contributed by atoms with Gasteiger partial charge in [-0.2, -0.15) is 9.40 Å². The minimum Gasteiger partial charge on any atom is -0.371 e. The Morgan fingerprint density at radius 3 is 2.93 bits per heavy atom. The molecule has 0 radical (unpaired) electrons. The summed E-state index contributed by atoms with van der Waals surface area (Å²) in [6, 6.07) is 7.06. The second-order valence-electron chi connectivity index (χ2n) is 6.63. The van der Waals surface area contributed by atoms with Crippen LogP contribution >= 0.6 is 0 Å². The van der Waals surface area contributed by atoms with Crippen molar-refractivity contribution in [2.75, 3.05) is 19.7 Å². The molecule has 27 heavy (non-hydrogen) atoms. The van der Waals surface area contributed by atoms with E-state index in [1.54, 1.807) is 24.5 Å². The highest BCUT2D eigenvalue weighted by Gasteiger charge is 2.33. The van der Waals surface area contributed by atoms with Crippen molar-refractivity contribution in [1.29, 1.82) is 0 Å². The van der Waals surface area contributed by atoms with E-state index in [1.165, 1.54) is 4.31 Å². The first kappa shape index (κ1) is 18.1. The molecular formula is C19H22N4O3S. The number of ether oxygens (including phenoxy) is 1. The fraction of sp³-hybridized carbons (Fsp3) is 0.368. The Morgan fingerprint density at radius 1 is 1.30 bits per heavy atom. The Labute approximate surface area is 158 Å². The molecule has 4 rings (SSSR count). The zero-order valence-corrected chi connectivity index (χ0v) is 16.2. The highest BCUT2D eigenvalue weighted by Crippen LogP contribution is 2.30. The molecular weight excluding hydrogens is 364 g/mol. The molecule has 3 aromatic rings. The molecule has 2 aromatic heterocycles. The van der Waals surface area contributed by atoms with E-state index in [9.17, 15) is 8.42 Å². The minimum atomic E-state index is -3.66. The summed E-state index contributed by atoms with van der Waals surface area (Å²) in [5.74, 6) is 0. The molecule has 3 heterocycles. The van der Waals surface area contributed by atoms with E-state index < -0.39 is 10.0 Å². The van der Waals surface area contributed by atoms with Crippen molar-refractivity contribution in [3.05, 3.63) is 54.0 Å². The number of hydrogen-bond donors (Lipinski definition) is 0. The predicted molar refractivity (Wildman–Crippen MR) is 102 cm³/mol. The van der Waals surface area contributed by atoms with Crippen LogP contribution in [0.5, 0.6) is 0 Å². The van der Waals surface area contributed by atoms with Gasteiger partial charge in [-0.25, -0.2) is 8.42 Å². The largest absolute Gasteiger partial charge is 0.371 e. The SMILES string of the molecule is CCn1cc([C@@H]2CN(S(=O)(=O)c3ccc(C)c4ncccc34)CCO2)cn1. The van der Waals surface area contributed by atoms with Gasteiger partial charge < -0.3 is 4.74 Å². The van der Waals surface area contributed by atoms with Gasteiger partial charge in [0.05, 0.1) is 29.3 Å². The molecule has 1 aliphatic heterocycles. The first-order chi connectivity index (χ1) is 13.0. The number of nitrogens with zero attached hydrogens (tertiary/aromatic N) is 4. The van der Waals surface area contributed by atoms with Crippen molar-refractivity contribution >= 4 is 20.9 Å². The summed E-state index contributed by atoms with van der Waals surface area (Å²) in [6.07, 6.45) is 5.02. The van der Waals surface area contributed by atoms with Gasteiger partial charge in [-0.15, -0.1) is 0 Å². The number of sulfonamides is 1. The van der Waals surface area contributed by atoms with Gasteiger partial charge in [0.2, 0.25) is 10.0 Å². The summed E-state index contributed by atoms with van der Waals surface area (Å²) < 4.78 is 35.9. The standard InChI is InChI=1S/C19H22N4O3S/c1-3-22-12-15(11-21-22)17-13-23(9-10-26-17)27(24,25)18-7-6-14(2)19-16(18)5-4-8-20-19/h4-8,11-12,17H,3,9-10,13H2,1-2H3/t17-/m0/s1. The van der Waals surface area contributed by atoms with Crippen LogP contribution in [0.25, 0.3) is 10.9 Å². The highest BCUT2D eigenvalue weighted by atomic mass is 32.2. The third-order valence-electron chi connectivity index (χ3n) is 4.93. The van der Waals surface area contributed by atoms with Crippen molar-refractivity contribution in [1.82, 2.24) is 19.1 Å². The van der Waals surface area contributed by atoms with Crippen LogP contribution in [-0.4, -0.2) is 47.2 Å². The van der Waals surface area contributed by atoms with Gasteiger partial charge >= 0.3 is 0 Å². The lowest BCUT2D eigenvalue weighted by Gasteiger charge is -2.32. The molecule has 1 saturated heterocycles. The second-order valence-corrected chi connectivity index (χ2v) is 8.54. The number of aromatic nitrogens is 3. The van der Waals surface area contributed by atoms with Gasteiger partial charge in [-0.3, -0.25) is 9.67 Å². The van der Waals surface area contributed by atoms with Gasteiger partial charge in [-0.1, -0.05) is 6.07 Å². The van der Waals surface area contributed by atoms with E-state index >= 15 is 0 Å². The first-order valence-electron chi connectivity index (χ1n) is 8.99. The van der Waals surface area contributed by atoms with Crippen LogP contribution in [0, 0.1) is 6.92 Å². The molecule has 1 atom stereocenters. The Hall–Kier alpha value is -2.29. The zero-order valence-electron chi connectivity index (χ0n) is 15.4. The summed E-state index contributed by atoms with van der Waals surface area (Å²) in [5, 5.41) is 4.92. The van der Waals surface area contributed by atoms with E-state index in [1.807, 2.05) is 36.9 Å². The molecule has 0 saturated carbocycles. The normalized spacial score (nSPS) is 18.8. The predicted octanol–water partition coefficient (Wildman–Crippen LogP) is 2.52. The first-order valence-corrected chi connectivity index (χ1v) is 10.4. The second kappa shape index (κ2) is 7.03. The van der Waals surface area contributed by atoms with Gasteiger partial charge in [-0.05, 0) is 37.6 Å². The monoisotopic (exact) mass is 386 g/mol. The Bertz CT molecular complexity index is 1080. The van der Waals surface area contributed by atoms with Crippen LogP contribution in [0.2, 0.25) is 0 Å². The smallest absolute Gasteiger partial charge is 0.243 e. The van der Waals surface area contributed by atoms with Gasteiger partial charge in [0.15, 0.2) is 0 Å². The van der Waals surface area contributed by atoms with Gasteiger partial charge in [0.25, 0.3) is 0 Å². The molecule has 0 bridgehead atoms. The topological polar surface area (TPSA) is 77.3 Å². The average Bonchev–Trinajstić information content (AvgIpc) is 3.18. The third kappa shape index (κ3) is 3.24. The highest BCUT2D eigenvalue weighted by molar-refractivity contribution is 7.89. The molecule has 8 heteroatoms. The zero-order chi connectivity index (χ0) is 19.0.